The van der Waals surface area contributed by atoms with Crippen LogP contribution in [0.3, 0.4) is 0 Å². The molecule has 0 atom stereocenters. The second-order valence-electron chi connectivity index (χ2n) is 4.95. The van der Waals surface area contributed by atoms with Gasteiger partial charge in [-0.2, -0.15) is 0 Å². The molecular formula is C17H19BrO2. The van der Waals surface area contributed by atoms with Crippen LogP contribution in [0, 0.1) is 0 Å². The zero-order valence-electron chi connectivity index (χ0n) is 12.0. The summed E-state index contributed by atoms with van der Waals surface area (Å²) >= 11 is 3.49. The molecule has 2 nitrogen and oxygen atoms in total. The van der Waals surface area contributed by atoms with Gasteiger partial charge >= 0.3 is 0 Å². The van der Waals surface area contributed by atoms with Crippen molar-refractivity contribution in [1.29, 1.82) is 0 Å². The minimum Gasteiger partial charge on any atom is -0.496 e. The lowest BCUT2D eigenvalue weighted by atomic mass is 10.0. The first-order chi connectivity index (χ1) is 9.61. The molecule has 0 aliphatic rings. The summed E-state index contributed by atoms with van der Waals surface area (Å²) in [5.74, 6) is 2.24. The highest BCUT2D eigenvalue weighted by Crippen LogP contribution is 2.28. The quantitative estimate of drug-likeness (QED) is 0.751. The molecular weight excluding hydrogens is 316 g/mol. The van der Waals surface area contributed by atoms with Crippen molar-refractivity contribution in [1.82, 2.24) is 0 Å². The highest BCUT2D eigenvalue weighted by atomic mass is 79.9. The van der Waals surface area contributed by atoms with E-state index in [1.807, 2.05) is 36.4 Å². The molecule has 0 aromatic heterocycles. The number of benzene rings is 2. The van der Waals surface area contributed by atoms with Gasteiger partial charge in [-0.25, -0.2) is 0 Å². The number of ether oxygens (including phenoxy) is 2. The third kappa shape index (κ3) is 3.54. The van der Waals surface area contributed by atoms with Gasteiger partial charge in [0.15, 0.2) is 0 Å². The van der Waals surface area contributed by atoms with Gasteiger partial charge in [-0.05, 0) is 51.2 Å². The van der Waals surface area contributed by atoms with Crippen molar-refractivity contribution in [2.24, 2.45) is 0 Å². The number of para-hydroxylation sites is 1. The minimum atomic E-state index is 0.453. The molecule has 106 valence electrons. The molecule has 0 bridgehead atoms. The van der Waals surface area contributed by atoms with E-state index in [0.29, 0.717) is 12.5 Å². The van der Waals surface area contributed by atoms with E-state index >= 15 is 0 Å². The Balaban J connectivity index is 2.11. The first-order valence-corrected chi connectivity index (χ1v) is 7.45. The highest BCUT2D eigenvalue weighted by Gasteiger charge is 2.07. The van der Waals surface area contributed by atoms with E-state index in [4.69, 9.17) is 9.47 Å². The summed E-state index contributed by atoms with van der Waals surface area (Å²) in [7, 11) is 1.66. The molecule has 0 saturated carbocycles. The molecule has 0 aliphatic heterocycles. The Bertz CT molecular complexity index is 579. The standard InChI is InChI=1S/C17H19BrO2/c1-12(2)14-6-4-5-7-16(14)20-11-13-8-9-17(19-3)15(18)10-13/h4-10,12H,11H2,1-3H3. The van der Waals surface area contributed by atoms with E-state index in [0.717, 1.165) is 21.5 Å². The van der Waals surface area contributed by atoms with Crippen LogP contribution in [-0.2, 0) is 6.61 Å². The van der Waals surface area contributed by atoms with Crippen LogP contribution in [0.15, 0.2) is 46.9 Å². The lowest BCUT2D eigenvalue weighted by molar-refractivity contribution is 0.301. The predicted molar refractivity (Wildman–Crippen MR) is 85.6 cm³/mol. The van der Waals surface area contributed by atoms with Crippen molar-refractivity contribution < 1.29 is 9.47 Å². The first kappa shape index (κ1) is 14.9. The minimum absolute atomic E-state index is 0.453. The lowest BCUT2D eigenvalue weighted by Crippen LogP contribution is -2.00. The summed E-state index contributed by atoms with van der Waals surface area (Å²) in [6.45, 7) is 4.89. The van der Waals surface area contributed by atoms with Gasteiger partial charge in [0.25, 0.3) is 0 Å². The van der Waals surface area contributed by atoms with Gasteiger partial charge in [-0.15, -0.1) is 0 Å². The molecule has 2 aromatic carbocycles. The summed E-state index contributed by atoms with van der Waals surface area (Å²) in [5.41, 5.74) is 2.34. The van der Waals surface area contributed by atoms with Gasteiger partial charge in [0.05, 0.1) is 11.6 Å². The molecule has 0 radical (unpaired) electrons. The summed E-state index contributed by atoms with van der Waals surface area (Å²) < 4.78 is 12.1. The van der Waals surface area contributed by atoms with E-state index in [9.17, 15) is 0 Å². The maximum Gasteiger partial charge on any atom is 0.133 e. The van der Waals surface area contributed by atoms with Crippen LogP contribution < -0.4 is 9.47 Å². The number of methoxy groups -OCH3 is 1. The van der Waals surface area contributed by atoms with Gasteiger partial charge in [0.1, 0.15) is 18.1 Å². The molecule has 0 spiro atoms. The van der Waals surface area contributed by atoms with Crippen LogP contribution >= 0.6 is 15.9 Å². The van der Waals surface area contributed by atoms with E-state index in [1.165, 1.54) is 5.56 Å². The molecule has 0 aliphatic carbocycles. The second kappa shape index (κ2) is 6.80. The van der Waals surface area contributed by atoms with Crippen molar-refractivity contribution in [2.45, 2.75) is 26.4 Å². The van der Waals surface area contributed by atoms with Gasteiger partial charge in [-0.1, -0.05) is 38.1 Å². The topological polar surface area (TPSA) is 18.5 Å². The Labute approximate surface area is 128 Å². The fraction of sp³-hybridized carbons (Fsp3) is 0.294. The SMILES string of the molecule is COc1ccc(COc2ccccc2C(C)C)cc1Br. The van der Waals surface area contributed by atoms with E-state index in [1.54, 1.807) is 7.11 Å². The van der Waals surface area contributed by atoms with Crippen LogP contribution in [0.4, 0.5) is 0 Å². The van der Waals surface area contributed by atoms with Crippen molar-refractivity contribution in [3.8, 4) is 11.5 Å². The van der Waals surface area contributed by atoms with Gasteiger partial charge < -0.3 is 9.47 Å². The van der Waals surface area contributed by atoms with Crippen LogP contribution in [0.5, 0.6) is 11.5 Å². The molecule has 2 aromatic rings. The summed E-state index contributed by atoms with van der Waals surface area (Å²) in [6.07, 6.45) is 0. The average Bonchev–Trinajstić information content (AvgIpc) is 2.45. The molecule has 20 heavy (non-hydrogen) atoms. The maximum atomic E-state index is 5.95. The van der Waals surface area contributed by atoms with Crippen LogP contribution in [0.25, 0.3) is 0 Å². The van der Waals surface area contributed by atoms with Crippen molar-refractivity contribution in [2.75, 3.05) is 7.11 Å². The molecule has 0 fully saturated rings. The van der Waals surface area contributed by atoms with Crippen molar-refractivity contribution in [3.05, 3.63) is 58.1 Å². The summed E-state index contributed by atoms with van der Waals surface area (Å²) in [4.78, 5) is 0. The van der Waals surface area contributed by atoms with Crippen LogP contribution in [-0.4, -0.2) is 7.11 Å². The zero-order chi connectivity index (χ0) is 14.5. The fourth-order valence-corrected chi connectivity index (χ4v) is 2.64. The highest BCUT2D eigenvalue weighted by molar-refractivity contribution is 9.10. The Morgan fingerprint density at radius 1 is 1.05 bits per heavy atom. The summed E-state index contributed by atoms with van der Waals surface area (Å²) in [6, 6.07) is 14.2. The Hall–Kier alpha value is -1.48. The Kier molecular flexibility index (Phi) is 5.07. The molecule has 2 rings (SSSR count). The normalized spacial score (nSPS) is 10.7. The van der Waals surface area contributed by atoms with Gasteiger partial charge in [0.2, 0.25) is 0 Å². The van der Waals surface area contributed by atoms with Gasteiger partial charge in [0, 0.05) is 0 Å². The molecule has 0 heterocycles. The average molecular weight is 335 g/mol. The third-order valence-electron chi connectivity index (χ3n) is 3.15. The fourth-order valence-electron chi connectivity index (χ4n) is 2.05. The lowest BCUT2D eigenvalue weighted by Gasteiger charge is -2.14. The summed E-state index contributed by atoms with van der Waals surface area (Å²) in [5, 5.41) is 0. The smallest absolute Gasteiger partial charge is 0.133 e. The van der Waals surface area contributed by atoms with Gasteiger partial charge in [-0.3, -0.25) is 0 Å². The molecule has 0 amide bonds. The molecule has 0 N–H and O–H groups in total. The first-order valence-electron chi connectivity index (χ1n) is 6.66. The molecule has 3 heteroatoms. The van der Waals surface area contributed by atoms with E-state index in [2.05, 4.69) is 35.8 Å². The van der Waals surface area contributed by atoms with E-state index < -0.39 is 0 Å². The third-order valence-corrected chi connectivity index (χ3v) is 3.77. The zero-order valence-corrected chi connectivity index (χ0v) is 13.6. The predicted octanol–water partition coefficient (Wildman–Crippen LogP) is 5.16. The number of halogens is 1. The Morgan fingerprint density at radius 3 is 2.45 bits per heavy atom. The monoisotopic (exact) mass is 334 g/mol. The number of hydrogen-bond acceptors (Lipinski definition) is 2. The molecule has 0 saturated heterocycles. The number of rotatable bonds is 5. The maximum absolute atomic E-state index is 5.95. The molecule has 0 unspecified atom stereocenters. The van der Waals surface area contributed by atoms with Crippen molar-refractivity contribution in [3.63, 3.8) is 0 Å². The number of hydrogen-bond donors (Lipinski definition) is 0. The van der Waals surface area contributed by atoms with Crippen LogP contribution in [0.1, 0.15) is 30.9 Å². The van der Waals surface area contributed by atoms with Crippen LogP contribution in [0.2, 0.25) is 0 Å². The van der Waals surface area contributed by atoms with E-state index in [-0.39, 0.29) is 0 Å². The second-order valence-corrected chi connectivity index (χ2v) is 5.80. The Morgan fingerprint density at radius 2 is 1.80 bits per heavy atom. The van der Waals surface area contributed by atoms with Crippen molar-refractivity contribution >= 4 is 15.9 Å². The largest absolute Gasteiger partial charge is 0.496 e.